The molecule has 1 aromatic heterocycles. The van der Waals surface area contributed by atoms with Crippen LogP contribution in [0.4, 0.5) is 4.39 Å². The van der Waals surface area contributed by atoms with Gasteiger partial charge >= 0.3 is 0 Å². The summed E-state index contributed by atoms with van der Waals surface area (Å²) in [6.45, 7) is 0.168. The molecule has 136 valence electrons. The zero-order valence-corrected chi connectivity index (χ0v) is 15.1. The van der Waals surface area contributed by atoms with E-state index in [0.29, 0.717) is 10.9 Å². The molecular formula is C21H17FN2O2S. The Morgan fingerprint density at radius 3 is 2.30 bits per heavy atom. The molecule has 0 bridgehead atoms. The molecule has 0 saturated carbocycles. The summed E-state index contributed by atoms with van der Waals surface area (Å²) in [5.74, 6) is -0.417. The monoisotopic (exact) mass is 380 g/mol. The number of nitrogens with one attached hydrogen (secondary N) is 2. The first-order valence-corrected chi connectivity index (χ1v) is 9.92. The second-order valence-corrected chi connectivity index (χ2v) is 7.99. The molecule has 0 atom stereocenters. The van der Waals surface area contributed by atoms with Crippen LogP contribution in [0.5, 0.6) is 0 Å². The van der Waals surface area contributed by atoms with E-state index in [0.717, 1.165) is 16.7 Å². The third-order valence-corrected chi connectivity index (χ3v) is 5.70. The van der Waals surface area contributed by atoms with Gasteiger partial charge in [-0.15, -0.1) is 0 Å². The van der Waals surface area contributed by atoms with Crippen LogP contribution in [-0.4, -0.2) is 13.4 Å². The van der Waals surface area contributed by atoms with Gasteiger partial charge in [-0.25, -0.2) is 17.5 Å². The maximum Gasteiger partial charge on any atom is 0.256 e. The second-order valence-electron chi connectivity index (χ2n) is 6.25. The van der Waals surface area contributed by atoms with Gasteiger partial charge in [0.1, 0.15) is 10.8 Å². The molecule has 4 aromatic rings. The Bertz CT molecular complexity index is 1180. The number of benzene rings is 3. The van der Waals surface area contributed by atoms with Crippen LogP contribution < -0.4 is 4.72 Å². The van der Waals surface area contributed by atoms with Crippen LogP contribution in [0.15, 0.2) is 83.9 Å². The van der Waals surface area contributed by atoms with Gasteiger partial charge in [-0.3, -0.25) is 0 Å². The van der Waals surface area contributed by atoms with E-state index in [-0.39, 0.29) is 11.6 Å². The highest BCUT2D eigenvalue weighted by Gasteiger charge is 2.17. The minimum Gasteiger partial charge on any atom is -0.344 e. The third kappa shape index (κ3) is 3.77. The third-order valence-electron chi connectivity index (χ3n) is 4.38. The van der Waals surface area contributed by atoms with E-state index in [1.54, 1.807) is 6.07 Å². The summed E-state index contributed by atoms with van der Waals surface area (Å²) in [7, 11) is -3.72. The highest BCUT2D eigenvalue weighted by Crippen LogP contribution is 2.21. The predicted molar refractivity (Wildman–Crippen MR) is 104 cm³/mol. The lowest BCUT2D eigenvalue weighted by molar-refractivity contribution is 0.578. The predicted octanol–water partition coefficient (Wildman–Crippen LogP) is 4.45. The molecule has 0 radical (unpaired) electrons. The van der Waals surface area contributed by atoms with Crippen LogP contribution in [0.3, 0.4) is 0 Å². The van der Waals surface area contributed by atoms with Crippen molar-refractivity contribution >= 4 is 20.9 Å². The maximum absolute atomic E-state index is 13.3. The molecule has 6 heteroatoms. The van der Waals surface area contributed by atoms with Crippen molar-refractivity contribution in [3.63, 3.8) is 0 Å². The minimum atomic E-state index is -3.72. The van der Waals surface area contributed by atoms with Crippen molar-refractivity contribution in [2.75, 3.05) is 0 Å². The number of rotatable bonds is 5. The number of sulfonamides is 1. The van der Waals surface area contributed by atoms with Gasteiger partial charge in [0.25, 0.3) is 10.0 Å². The number of fused-ring (bicyclic) bond motifs is 1. The van der Waals surface area contributed by atoms with E-state index >= 15 is 0 Å². The number of aromatic nitrogens is 1. The van der Waals surface area contributed by atoms with Crippen LogP contribution in [0.1, 0.15) is 5.56 Å². The molecule has 0 aliphatic heterocycles. The first-order chi connectivity index (χ1) is 13.0. The molecule has 2 N–H and O–H groups in total. The van der Waals surface area contributed by atoms with E-state index in [1.807, 2.05) is 54.6 Å². The standard InChI is InChI=1S/C21H17FN2O2S/c22-19-11-10-18-12-21(24-20(18)13-19)27(25,26)23-14-15-6-8-17(9-7-15)16-4-2-1-3-5-16/h1-13,23-24H,14H2. The van der Waals surface area contributed by atoms with E-state index < -0.39 is 15.8 Å². The van der Waals surface area contributed by atoms with E-state index in [4.69, 9.17) is 0 Å². The average Bonchev–Trinajstić information content (AvgIpc) is 3.12. The fourth-order valence-electron chi connectivity index (χ4n) is 2.92. The maximum atomic E-state index is 13.3. The zero-order chi connectivity index (χ0) is 18.9. The minimum absolute atomic E-state index is 0.0176. The first kappa shape index (κ1) is 17.5. The first-order valence-electron chi connectivity index (χ1n) is 8.44. The van der Waals surface area contributed by atoms with Gasteiger partial charge < -0.3 is 4.98 Å². The summed E-state index contributed by atoms with van der Waals surface area (Å²) >= 11 is 0. The van der Waals surface area contributed by atoms with Crippen molar-refractivity contribution in [2.45, 2.75) is 11.6 Å². The van der Waals surface area contributed by atoms with Gasteiger partial charge in [-0.1, -0.05) is 54.6 Å². The molecule has 0 unspecified atom stereocenters. The van der Waals surface area contributed by atoms with E-state index in [9.17, 15) is 12.8 Å². The lowest BCUT2D eigenvalue weighted by Crippen LogP contribution is -2.23. The van der Waals surface area contributed by atoms with Crippen LogP contribution in [0.2, 0.25) is 0 Å². The Morgan fingerprint density at radius 2 is 1.56 bits per heavy atom. The molecule has 27 heavy (non-hydrogen) atoms. The van der Waals surface area contributed by atoms with E-state index in [2.05, 4.69) is 9.71 Å². The number of H-pyrrole nitrogens is 1. The Balaban J connectivity index is 1.50. The number of hydrogen-bond donors (Lipinski definition) is 2. The largest absolute Gasteiger partial charge is 0.344 e. The van der Waals surface area contributed by atoms with Crippen molar-refractivity contribution < 1.29 is 12.8 Å². The smallest absolute Gasteiger partial charge is 0.256 e. The van der Waals surface area contributed by atoms with Crippen molar-refractivity contribution in [3.8, 4) is 11.1 Å². The SMILES string of the molecule is O=S(=O)(NCc1ccc(-c2ccccc2)cc1)c1cc2ccc(F)cc2[nH]1. The van der Waals surface area contributed by atoms with Crippen molar-refractivity contribution in [3.05, 3.63) is 90.2 Å². The molecule has 4 nitrogen and oxygen atoms in total. The quantitative estimate of drug-likeness (QED) is 0.537. The van der Waals surface area contributed by atoms with Gasteiger partial charge in [0.05, 0.1) is 0 Å². The molecule has 0 aliphatic rings. The number of hydrogen-bond acceptors (Lipinski definition) is 2. The summed E-state index contributed by atoms with van der Waals surface area (Å²) in [4.78, 5) is 2.75. The van der Waals surface area contributed by atoms with Crippen LogP contribution in [0.25, 0.3) is 22.0 Å². The highest BCUT2D eigenvalue weighted by molar-refractivity contribution is 7.89. The summed E-state index contributed by atoms with van der Waals surface area (Å²) < 4.78 is 40.9. The zero-order valence-electron chi connectivity index (χ0n) is 14.3. The Hall–Kier alpha value is -2.96. The second kappa shape index (κ2) is 6.98. The highest BCUT2D eigenvalue weighted by atomic mass is 32.2. The molecule has 0 amide bonds. The Morgan fingerprint density at radius 1 is 0.852 bits per heavy atom. The van der Waals surface area contributed by atoms with Crippen molar-refractivity contribution in [1.29, 1.82) is 0 Å². The summed E-state index contributed by atoms with van der Waals surface area (Å²) in [6.07, 6.45) is 0. The van der Waals surface area contributed by atoms with Crippen molar-refractivity contribution in [2.24, 2.45) is 0 Å². The molecule has 3 aromatic carbocycles. The topological polar surface area (TPSA) is 62.0 Å². The summed E-state index contributed by atoms with van der Waals surface area (Å²) in [5, 5.41) is 0.660. The molecule has 0 aliphatic carbocycles. The number of aromatic amines is 1. The molecule has 0 spiro atoms. The Kier molecular flexibility index (Phi) is 4.51. The summed E-state index contributed by atoms with van der Waals surface area (Å²) in [6, 6.07) is 23.3. The number of halogens is 1. The lowest BCUT2D eigenvalue weighted by atomic mass is 10.0. The van der Waals surface area contributed by atoms with Crippen LogP contribution in [0, 0.1) is 5.82 Å². The molecular weight excluding hydrogens is 363 g/mol. The molecule has 0 saturated heterocycles. The summed E-state index contributed by atoms with van der Waals surface area (Å²) in [5.41, 5.74) is 3.47. The normalized spacial score (nSPS) is 11.7. The van der Waals surface area contributed by atoms with Crippen LogP contribution in [-0.2, 0) is 16.6 Å². The van der Waals surface area contributed by atoms with Crippen LogP contribution >= 0.6 is 0 Å². The molecule has 1 heterocycles. The molecule has 0 fully saturated rings. The Labute approximate surface area is 156 Å². The van der Waals surface area contributed by atoms with Gasteiger partial charge in [0.2, 0.25) is 0 Å². The fourth-order valence-corrected chi connectivity index (χ4v) is 3.96. The lowest BCUT2D eigenvalue weighted by Gasteiger charge is -2.07. The van der Waals surface area contributed by atoms with Gasteiger partial charge in [0.15, 0.2) is 0 Å². The van der Waals surface area contributed by atoms with Gasteiger partial charge in [-0.2, -0.15) is 0 Å². The van der Waals surface area contributed by atoms with E-state index in [1.165, 1.54) is 18.2 Å². The van der Waals surface area contributed by atoms with Gasteiger partial charge in [0, 0.05) is 17.4 Å². The average molecular weight is 380 g/mol. The fraction of sp³-hybridized carbons (Fsp3) is 0.0476. The molecule has 4 rings (SSSR count). The van der Waals surface area contributed by atoms with Crippen molar-refractivity contribution in [1.82, 2.24) is 9.71 Å². The van der Waals surface area contributed by atoms with Gasteiger partial charge in [-0.05, 0) is 41.0 Å².